The third-order valence-corrected chi connectivity index (χ3v) is 6.14. The summed E-state index contributed by atoms with van der Waals surface area (Å²) in [6.07, 6.45) is 2.85. The minimum absolute atomic E-state index is 0.0518. The van der Waals surface area contributed by atoms with E-state index in [1.165, 1.54) is 6.33 Å². The number of benzene rings is 2. The van der Waals surface area contributed by atoms with Crippen molar-refractivity contribution in [1.82, 2.24) is 30.0 Å². The lowest BCUT2D eigenvalue weighted by Gasteiger charge is -2.37. The number of methoxy groups -OCH3 is 1. The van der Waals surface area contributed by atoms with Gasteiger partial charge in [0.15, 0.2) is 11.5 Å². The monoisotopic (exact) mass is 458 g/mol. The van der Waals surface area contributed by atoms with Crippen molar-refractivity contribution in [3.05, 3.63) is 55.0 Å². The lowest BCUT2D eigenvalue weighted by atomic mass is 10.0. The number of piperazine rings is 1. The number of aromatic nitrogens is 4. The largest absolute Gasteiger partial charge is 0.493 e. The van der Waals surface area contributed by atoms with Gasteiger partial charge in [0.2, 0.25) is 0 Å². The molecule has 1 amide bonds. The van der Waals surface area contributed by atoms with Gasteiger partial charge in [0, 0.05) is 48.3 Å². The van der Waals surface area contributed by atoms with Crippen LogP contribution in [-0.2, 0) is 0 Å². The number of ether oxygens (including phenoxy) is 2. The van der Waals surface area contributed by atoms with Crippen molar-refractivity contribution in [2.24, 2.45) is 0 Å². The molecule has 174 valence electrons. The van der Waals surface area contributed by atoms with Crippen molar-refractivity contribution in [2.45, 2.75) is 13.0 Å². The summed E-state index contributed by atoms with van der Waals surface area (Å²) in [6.45, 7) is 4.22. The van der Waals surface area contributed by atoms with Gasteiger partial charge in [0.25, 0.3) is 0 Å². The molecule has 0 radical (unpaired) electrons. The second kappa shape index (κ2) is 9.11. The number of carbonyl (C=O) groups excluding carboxylic acids is 1. The fraction of sp³-hybridized carbons (Fsp3) is 0.280. The predicted molar refractivity (Wildman–Crippen MR) is 129 cm³/mol. The lowest BCUT2D eigenvalue weighted by Crippen LogP contribution is -2.53. The van der Waals surface area contributed by atoms with Gasteiger partial charge in [-0.2, -0.15) is 5.10 Å². The minimum atomic E-state index is -0.398. The quantitative estimate of drug-likeness (QED) is 0.496. The second-order valence-electron chi connectivity index (χ2n) is 8.44. The van der Waals surface area contributed by atoms with Gasteiger partial charge < -0.3 is 19.3 Å². The second-order valence-corrected chi connectivity index (χ2v) is 8.44. The molecule has 9 heteroatoms. The summed E-state index contributed by atoms with van der Waals surface area (Å²) in [5.41, 5.74) is 4.03. The average molecular weight is 459 g/mol. The maximum absolute atomic E-state index is 13.0. The van der Waals surface area contributed by atoms with Crippen LogP contribution in [0.25, 0.3) is 33.4 Å². The summed E-state index contributed by atoms with van der Waals surface area (Å²) in [5.74, 6) is 0.759. The molecule has 0 unspecified atom stereocenters. The van der Waals surface area contributed by atoms with Crippen LogP contribution in [0.5, 0.6) is 11.5 Å². The van der Waals surface area contributed by atoms with Gasteiger partial charge >= 0.3 is 6.09 Å². The van der Waals surface area contributed by atoms with Crippen molar-refractivity contribution >= 4 is 17.0 Å². The summed E-state index contributed by atoms with van der Waals surface area (Å²) in [6, 6.07) is 13.5. The van der Waals surface area contributed by atoms with E-state index in [4.69, 9.17) is 9.47 Å². The Hall–Kier alpha value is -3.98. The third-order valence-electron chi connectivity index (χ3n) is 6.14. The van der Waals surface area contributed by atoms with E-state index in [1.807, 2.05) is 44.3 Å². The first kappa shape index (κ1) is 21.8. The number of nitrogens with one attached hydrogen (secondary N) is 1. The SMILES string of the molecule is COc1cc2ncnc(-c3cn[nH]c3-c3ccccc3)c2cc1OC(=O)N1CCN(C)C[C@@H]1C. The van der Waals surface area contributed by atoms with E-state index in [2.05, 4.69) is 25.1 Å². The van der Waals surface area contributed by atoms with Gasteiger partial charge in [0.1, 0.15) is 6.33 Å². The van der Waals surface area contributed by atoms with Crippen LogP contribution in [0.1, 0.15) is 6.92 Å². The summed E-state index contributed by atoms with van der Waals surface area (Å²) >= 11 is 0. The molecular weight excluding hydrogens is 432 g/mol. The molecular formula is C25H26N6O3. The van der Waals surface area contributed by atoms with Crippen LogP contribution in [0, 0.1) is 0 Å². The molecule has 34 heavy (non-hydrogen) atoms. The molecule has 9 nitrogen and oxygen atoms in total. The number of aromatic amines is 1. The fourth-order valence-corrected chi connectivity index (χ4v) is 4.37. The van der Waals surface area contributed by atoms with Crippen molar-refractivity contribution in [2.75, 3.05) is 33.8 Å². The Bertz CT molecular complexity index is 1320. The number of rotatable bonds is 4. The molecule has 1 aliphatic rings. The smallest absolute Gasteiger partial charge is 0.415 e. The Morgan fingerprint density at radius 2 is 1.94 bits per heavy atom. The van der Waals surface area contributed by atoms with Crippen LogP contribution in [0.15, 0.2) is 55.0 Å². The van der Waals surface area contributed by atoms with Crippen molar-refractivity contribution in [1.29, 1.82) is 0 Å². The van der Waals surface area contributed by atoms with E-state index in [9.17, 15) is 4.79 Å². The maximum atomic E-state index is 13.0. The van der Waals surface area contributed by atoms with Gasteiger partial charge in [-0.25, -0.2) is 14.8 Å². The van der Waals surface area contributed by atoms with Crippen molar-refractivity contribution in [3.8, 4) is 34.0 Å². The highest BCUT2D eigenvalue weighted by atomic mass is 16.6. The van der Waals surface area contributed by atoms with E-state index >= 15 is 0 Å². The molecule has 1 N–H and O–H groups in total. The number of likely N-dealkylation sites (N-methyl/N-ethyl adjacent to an activating group) is 1. The fourth-order valence-electron chi connectivity index (χ4n) is 4.37. The first-order chi connectivity index (χ1) is 16.5. The molecule has 0 spiro atoms. The normalized spacial score (nSPS) is 16.6. The number of carbonyl (C=O) groups is 1. The minimum Gasteiger partial charge on any atom is -0.493 e. The molecule has 2 aromatic heterocycles. The highest BCUT2D eigenvalue weighted by Crippen LogP contribution is 2.38. The highest BCUT2D eigenvalue weighted by Gasteiger charge is 2.28. The van der Waals surface area contributed by atoms with Crippen LogP contribution in [0.3, 0.4) is 0 Å². The van der Waals surface area contributed by atoms with Gasteiger partial charge in [-0.05, 0) is 20.0 Å². The number of H-pyrrole nitrogens is 1. The van der Waals surface area contributed by atoms with Crippen LogP contribution >= 0.6 is 0 Å². The predicted octanol–water partition coefficient (Wildman–Crippen LogP) is 3.83. The van der Waals surface area contributed by atoms with Gasteiger partial charge in [-0.15, -0.1) is 0 Å². The molecule has 5 rings (SSSR count). The van der Waals surface area contributed by atoms with E-state index < -0.39 is 6.09 Å². The van der Waals surface area contributed by atoms with Gasteiger partial charge in [0.05, 0.1) is 30.2 Å². The standard InChI is InChI=1S/C25H26N6O3/c1-16-14-30(2)9-10-31(16)25(32)34-22-11-18-20(12-21(22)33-3)26-15-27-24(18)19-13-28-29-23(19)17-7-5-4-6-8-17/h4-8,11-13,15-16H,9-10,14H2,1-3H3,(H,28,29)/t16-/m0/s1. The van der Waals surface area contributed by atoms with Crippen LogP contribution < -0.4 is 9.47 Å². The number of nitrogens with zero attached hydrogens (tertiary/aromatic N) is 5. The highest BCUT2D eigenvalue weighted by molar-refractivity contribution is 5.97. The van der Waals surface area contributed by atoms with Crippen LogP contribution in [0.4, 0.5) is 4.79 Å². The van der Waals surface area contributed by atoms with E-state index in [-0.39, 0.29) is 6.04 Å². The Morgan fingerprint density at radius 3 is 2.71 bits per heavy atom. The first-order valence-electron chi connectivity index (χ1n) is 11.1. The Morgan fingerprint density at radius 1 is 1.12 bits per heavy atom. The summed E-state index contributed by atoms with van der Waals surface area (Å²) in [4.78, 5) is 25.9. The topological polar surface area (TPSA) is 96.5 Å². The molecule has 0 saturated carbocycles. The summed E-state index contributed by atoms with van der Waals surface area (Å²) in [7, 11) is 3.59. The molecule has 1 fully saturated rings. The van der Waals surface area contributed by atoms with E-state index in [0.717, 1.165) is 35.3 Å². The van der Waals surface area contributed by atoms with Crippen LogP contribution in [0.2, 0.25) is 0 Å². The summed E-state index contributed by atoms with van der Waals surface area (Å²) < 4.78 is 11.4. The Kier molecular flexibility index (Phi) is 5.85. The van der Waals surface area contributed by atoms with Gasteiger partial charge in [-0.3, -0.25) is 5.10 Å². The number of hydrogen-bond acceptors (Lipinski definition) is 7. The molecule has 1 atom stereocenters. The maximum Gasteiger partial charge on any atom is 0.415 e. The number of amides is 1. The summed E-state index contributed by atoms with van der Waals surface area (Å²) in [5, 5.41) is 8.06. The number of fused-ring (bicyclic) bond motifs is 1. The third kappa shape index (κ3) is 4.06. The molecule has 1 saturated heterocycles. The zero-order valence-corrected chi connectivity index (χ0v) is 19.4. The average Bonchev–Trinajstić information content (AvgIpc) is 3.33. The van der Waals surface area contributed by atoms with Crippen LogP contribution in [-0.4, -0.2) is 75.9 Å². The molecule has 3 heterocycles. The molecule has 1 aliphatic heterocycles. The van der Waals surface area contributed by atoms with E-state index in [0.29, 0.717) is 29.3 Å². The number of hydrogen-bond donors (Lipinski definition) is 1. The molecule has 4 aromatic rings. The van der Waals surface area contributed by atoms with Crippen molar-refractivity contribution < 1.29 is 14.3 Å². The van der Waals surface area contributed by atoms with E-state index in [1.54, 1.807) is 30.3 Å². The Balaban J connectivity index is 1.55. The zero-order valence-electron chi connectivity index (χ0n) is 19.4. The zero-order chi connectivity index (χ0) is 23.7. The van der Waals surface area contributed by atoms with Crippen molar-refractivity contribution in [3.63, 3.8) is 0 Å². The Labute approximate surface area is 197 Å². The molecule has 0 bridgehead atoms. The lowest BCUT2D eigenvalue weighted by molar-refractivity contribution is 0.0886. The first-order valence-corrected chi connectivity index (χ1v) is 11.1. The molecule has 2 aromatic carbocycles. The van der Waals surface area contributed by atoms with Gasteiger partial charge in [-0.1, -0.05) is 30.3 Å². The molecule has 0 aliphatic carbocycles.